The number of hydrogen-bond donors (Lipinski definition) is 0. The number of aromatic nitrogens is 2. The molecule has 3 aromatic rings. The van der Waals surface area contributed by atoms with Gasteiger partial charge in [-0.05, 0) is 67.3 Å². The van der Waals surface area contributed by atoms with Gasteiger partial charge in [-0.2, -0.15) is 0 Å². The van der Waals surface area contributed by atoms with E-state index >= 15 is 0 Å². The molecule has 2 heterocycles. The molecule has 0 bridgehead atoms. The third-order valence-electron chi connectivity index (χ3n) is 7.35. The van der Waals surface area contributed by atoms with E-state index in [-0.39, 0.29) is 30.1 Å². The van der Waals surface area contributed by atoms with E-state index in [0.29, 0.717) is 37.7 Å². The van der Waals surface area contributed by atoms with Crippen molar-refractivity contribution in [2.24, 2.45) is 5.92 Å². The molecule has 2 fully saturated rings. The summed E-state index contributed by atoms with van der Waals surface area (Å²) in [5.41, 5.74) is 2.40. The van der Waals surface area contributed by atoms with Crippen LogP contribution in [0.2, 0.25) is 0 Å². The number of methoxy groups -OCH3 is 2. The van der Waals surface area contributed by atoms with Crippen molar-refractivity contribution >= 4 is 17.6 Å². The number of ether oxygens (including phenoxy) is 2. The van der Waals surface area contributed by atoms with Crippen molar-refractivity contribution in [2.75, 3.05) is 51.8 Å². The van der Waals surface area contributed by atoms with Gasteiger partial charge >= 0.3 is 0 Å². The van der Waals surface area contributed by atoms with E-state index in [1.54, 1.807) is 31.3 Å². The van der Waals surface area contributed by atoms with Crippen LogP contribution in [0.4, 0.5) is 10.2 Å². The number of anilines is 1. The normalized spacial score (nSPS) is 15.4. The predicted octanol–water partition coefficient (Wildman–Crippen LogP) is 3.78. The lowest BCUT2D eigenvalue weighted by atomic mass is 10.1. The third kappa shape index (κ3) is 6.50. The lowest BCUT2D eigenvalue weighted by Gasteiger charge is -2.27. The number of amides is 2. The van der Waals surface area contributed by atoms with Gasteiger partial charge < -0.3 is 24.2 Å². The number of rotatable bonds is 9. The summed E-state index contributed by atoms with van der Waals surface area (Å²) < 4.78 is 24.1. The van der Waals surface area contributed by atoms with Crippen LogP contribution in [0.5, 0.6) is 11.5 Å². The number of hydrogen-bond acceptors (Lipinski definition) is 7. The van der Waals surface area contributed by atoms with E-state index in [9.17, 15) is 14.0 Å². The maximum atomic E-state index is 13.4. The summed E-state index contributed by atoms with van der Waals surface area (Å²) in [5, 5.41) is 8.89. The second-order valence-electron chi connectivity index (χ2n) is 10.2. The Morgan fingerprint density at radius 2 is 1.70 bits per heavy atom. The highest BCUT2D eigenvalue weighted by Crippen LogP contribution is 2.32. The molecule has 1 aliphatic carbocycles. The molecule has 0 N–H and O–H groups in total. The van der Waals surface area contributed by atoms with Gasteiger partial charge in [0.2, 0.25) is 11.8 Å². The Hall–Kier alpha value is -4.21. The lowest BCUT2D eigenvalue weighted by molar-refractivity contribution is -0.141. The van der Waals surface area contributed by atoms with Crippen LogP contribution in [0.3, 0.4) is 0 Å². The first kappa shape index (κ1) is 27.4. The molecule has 1 aliphatic heterocycles. The van der Waals surface area contributed by atoms with Gasteiger partial charge in [-0.1, -0.05) is 12.1 Å². The Morgan fingerprint density at radius 3 is 2.38 bits per heavy atom. The third-order valence-corrected chi connectivity index (χ3v) is 7.35. The largest absolute Gasteiger partial charge is 0.493 e. The molecule has 0 radical (unpaired) electrons. The zero-order chi connectivity index (χ0) is 28.1. The maximum Gasteiger partial charge on any atom is 0.242 e. The highest BCUT2D eigenvalue weighted by Gasteiger charge is 2.35. The molecule has 210 valence electrons. The standard InChI is InChI=1S/C30H34FN5O4/c1-39-26-12-8-23(18-27(26)40-2)25-11-13-28(33-32-25)34-14-3-15-35(17-16-34)29(37)20-36(30(38)22-6-7-22)19-21-4-9-24(31)10-5-21/h4-5,8-13,18,22H,3,6-7,14-17,19-20H2,1-2H3. The van der Waals surface area contributed by atoms with E-state index < -0.39 is 0 Å². The van der Waals surface area contributed by atoms with Gasteiger partial charge in [0.25, 0.3) is 0 Å². The van der Waals surface area contributed by atoms with Crippen molar-refractivity contribution in [1.29, 1.82) is 0 Å². The molecule has 0 unspecified atom stereocenters. The summed E-state index contributed by atoms with van der Waals surface area (Å²) in [5.74, 6) is 1.61. The van der Waals surface area contributed by atoms with Crippen LogP contribution in [0.15, 0.2) is 54.6 Å². The average molecular weight is 548 g/mol. The van der Waals surface area contributed by atoms with E-state index in [1.807, 2.05) is 35.2 Å². The van der Waals surface area contributed by atoms with Gasteiger partial charge in [-0.25, -0.2) is 4.39 Å². The van der Waals surface area contributed by atoms with Crippen LogP contribution >= 0.6 is 0 Å². The molecule has 1 saturated heterocycles. The first-order valence-electron chi connectivity index (χ1n) is 13.6. The molecule has 10 heteroatoms. The smallest absolute Gasteiger partial charge is 0.242 e. The molecular formula is C30H34FN5O4. The number of benzene rings is 2. The molecular weight excluding hydrogens is 513 g/mol. The fourth-order valence-corrected chi connectivity index (χ4v) is 4.91. The van der Waals surface area contributed by atoms with Crippen LogP contribution < -0.4 is 14.4 Å². The lowest BCUT2D eigenvalue weighted by Crippen LogP contribution is -2.44. The zero-order valence-corrected chi connectivity index (χ0v) is 22.9. The first-order chi connectivity index (χ1) is 19.4. The quantitative estimate of drug-likeness (QED) is 0.403. The van der Waals surface area contributed by atoms with Crippen molar-refractivity contribution in [1.82, 2.24) is 20.0 Å². The summed E-state index contributed by atoms with van der Waals surface area (Å²) in [6, 6.07) is 15.6. The van der Waals surface area contributed by atoms with Gasteiger partial charge in [0, 0.05) is 44.2 Å². The second kappa shape index (κ2) is 12.3. The van der Waals surface area contributed by atoms with Crippen LogP contribution in [0.25, 0.3) is 11.3 Å². The number of carbonyl (C=O) groups is 2. The minimum Gasteiger partial charge on any atom is -0.493 e. The molecule has 5 rings (SSSR count). The number of nitrogens with zero attached hydrogens (tertiary/aromatic N) is 5. The number of halogens is 1. The van der Waals surface area contributed by atoms with Crippen LogP contribution in [0.1, 0.15) is 24.8 Å². The summed E-state index contributed by atoms with van der Waals surface area (Å²) in [7, 11) is 3.19. The van der Waals surface area contributed by atoms with Gasteiger partial charge in [-0.3, -0.25) is 9.59 Å². The Bertz CT molecular complexity index is 1330. The topological polar surface area (TPSA) is 88.1 Å². The molecule has 9 nitrogen and oxygen atoms in total. The minimum absolute atomic E-state index is 0.000956. The van der Waals surface area contributed by atoms with Gasteiger partial charge in [0.15, 0.2) is 17.3 Å². The minimum atomic E-state index is -0.325. The highest BCUT2D eigenvalue weighted by molar-refractivity contribution is 5.87. The van der Waals surface area contributed by atoms with E-state index in [1.165, 1.54) is 12.1 Å². The summed E-state index contributed by atoms with van der Waals surface area (Å²) in [4.78, 5) is 31.8. The Labute approximate surface area is 233 Å². The maximum absolute atomic E-state index is 13.4. The second-order valence-corrected chi connectivity index (χ2v) is 10.2. The van der Waals surface area contributed by atoms with Crippen molar-refractivity contribution in [3.8, 4) is 22.8 Å². The first-order valence-corrected chi connectivity index (χ1v) is 13.6. The predicted molar refractivity (Wildman–Crippen MR) is 149 cm³/mol. The fourth-order valence-electron chi connectivity index (χ4n) is 4.91. The molecule has 1 saturated carbocycles. The molecule has 1 aromatic heterocycles. The molecule has 40 heavy (non-hydrogen) atoms. The Balaban J connectivity index is 1.20. The summed E-state index contributed by atoms with van der Waals surface area (Å²) in [6.07, 6.45) is 2.49. The Kier molecular flexibility index (Phi) is 8.42. The molecule has 2 amide bonds. The van der Waals surface area contributed by atoms with Crippen molar-refractivity contribution in [3.05, 3.63) is 66.0 Å². The zero-order valence-electron chi connectivity index (χ0n) is 22.9. The van der Waals surface area contributed by atoms with Crippen molar-refractivity contribution in [3.63, 3.8) is 0 Å². The van der Waals surface area contributed by atoms with E-state index in [4.69, 9.17) is 9.47 Å². The van der Waals surface area contributed by atoms with Crippen molar-refractivity contribution in [2.45, 2.75) is 25.8 Å². The molecule has 0 atom stereocenters. The molecule has 0 spiro atoms. The van der Waals surface area contributed by atoms with Crippen LogP contribution in [-0.2, 0) is 16.1 Å². The summed E-state index contributed by atoms with van der Waals surface area (Å²) >= 11 is 0. The Morgan fingerprint density at radius 1 is 0.925 bits per heavy atom. The number of carbonyl (C=O) groups excluding carboxylic acids is 2. The molecule has 2 aliphatic rings. The van der Waals surface area contributed by atoms with Crippen molar-refractivity contribution < 1.29 is 23.5 Å². The summed E-state index contributed by atoms with van der Waals surface area (Å²) in [6.45, 7) is 2.81. The van der Waals surface area contributed by atoms with Gasteiger partial charge in [0.05, 0.1) is 19.9 Å². The average Bonchev–Trinajstić information content (AvgIpc) is 3.85. The van der Waals surface area contributed by atoms with Crippen LogP contribution in [0, 0.1) is 11.7 Å². The van der Waals surface area contributed by atoms with Gasteiger partial charge in [-0.15, -0.1) is 10.2 Å². The fraction of sp³-hybridized carbons (Fsp3) is 0.400. The van der Waals surface area contributed by atoms with Gasteiger partial charge in [0.1, 0.15) is 12.4 Å². The van der Waals surface area contributed by atoms with E-state index in [0.717, 1.165) is 48.4 Å². The monoisotopic (exact) mass is 547 g/mol. The molecule has 2 aromatic carbocycles. The SMILES string of the molecule is COc1ccc(-c2ccc(N3CCCN(C(=O)CN(Cc4ccc(F)cc4)C(=O)C4CC4)CC3)nn2)cc1OC. The van der Waals surface area contributed by atoms with E-state index in [2.05, 4.69) is 15.1 Å². The highest BCUT2D eigenvalue weighted by atomic mass is 19.1. The van der Waals surface area contributed by atoms with Crippen LogP contribution in [-0.4, -0.2) is 78.8 Å².